The summed E-state index contributed by atoms with van der Waals surface area (Å²) in [7, 11) is 0. The quantitative estimate of drug-likeness (QED) is 0.673. The van der Waals surface area contributed by atoms with Crippen LogP contribution in [0.15, 0.2) is 0 Å². The van der Waals surface area contributed by atoms with Crippen molar-refractivity contribution in [1.29, 1.82) is 0 Å². The summed E-state index contributed by atoms with van der Waals surface area (Å²) in [6.07, 6.45) is 7.44. The molecule has 1 aliphatic carbocycles. The predicted octanol–water partition coefficient (Wildman–Crippen LogP) is 2.87. The lowest BCUT2D eigenvalue weighted by atomic mass is 9.86. The molecule has 0 spiro atoms. The van der Waals surface area contributed by atoms with Gasteiger partial charge in [0.15, 0.2) is 0 Å². The molecule has 1 rings (SSSR count). The van der Waals surface area contributed by atoms with Crippen LogP contribution in [0, 0.1) is 5.92 Å². The Kier molecular flexibility index (Phi) is 5.92. The standard InChI is InChI=1S/C13H25NO/c1-3-14(4-2)11-13(15)10-12-8-6-5-7-9-12/h12H,3-11H2,1-2H3. The first-order valence-electron chi connectivity index (χ1n) is 6.50. The molecule has 0 aromatic heterocycles. The lowest BCUT2D eigenvalue weighted by Gasteiger charge is -2.22. The zero-order chi connectivity index (χ0) is 11.1. The molecule has 1 fully saturated rings. The average molecular weight is 211 g/mol. The SMILES string of the molecule is CCN(CC)CC(=O)CC1CCCCC1. The van der Waals surface area contributed by atoms with Crippen LogP contribution < -0.4 is 0 Å². The third-order valence-corrected chi connectivity index (χ3v) is 3.54. The molecular weight excluding hydrogens is 186 g/mol. The summed E-state index contributed by atoms with van der Waals surface area (Å²) in [4.78, 5) is 14.0. The topological polar surface area (TPSA) is 20.3 Å². The van der Waals surface area contributed by atoms with Crippen LogP contribution in [0.5, 0.6) is 0 Å². The zero-order valence-corrected chi connectivity index (χ0v) is 10.3. The van der Waals surface area contributed by atoms with Crippen molar-refractivity contribution in [3.8, 4) is 0 Å². The highest BCUT2D eigenvalue weighted by Crippen LogP contribution is 2.26. The van der Waals surface area contributed by atoms with Crippen LogP contribution in [0.1, 0.15) is 52.4 Å². The minimum atomic E-state index is 0.450. The minimum Gasteiger partial charge on any atom is -0.298 e. The molecule has 0 saturated heterocycles. The van der Waals surface area contributed by atoms with Crippen molar-refractivity contribution in [2.45, 2.75) is 52.4 Å². The van der Waals surface area contributed by atoms with E-state index < -0.39 is 0 Å². The van der Waals surface area contributed by atoms with Crippen LogP contribution in [0.25, 0.3) is 0 Å². The van der Waals surface area contributed by atoms with E-state index in [0.29, 0.717) is 18.2 Å². The van der Waals surface area contributed by atoms with Crippen molar-refractivity contribution in [3.05, 3.63) is 0 Å². The van der Waals surface area contributed by atoms with Crippen LogP contribution in [0.2, 0.25) is 0 Å². The van der Waals surface area contributed by atoms with Crippen molar-refractivity contribution in [2.24, 2.45) is 5.92 Å². The number of hydrogen-bond acceptors (Lipinski definition) is 2. The molecule has 1 saturated carbocycles. The average Bonchev–Trinajstić information content (AvgIpc) is 2.27. The van der Waals surface area contributed by atoms with Gasteiger partial charge in [0.05, 0.1) is 6.54 Å². The summed E-state index contributed by atoms with van der Waals surface area (Å²) >= 11 is 0. The Morgan fingerprint density at radius 1 is 1.13 bits per heavy atom. The monoisotopic (exact) mass is 211 g/mol. The number of likely N-dealkylation sites (N-methyl/N-ethyl adjacent to an activating group) is 1. The smallest absolute Gasteiger partial charge is 0.147 e. The van der Waals surface area contributed by atoms with E-state index in [0.717, 1.165) is 19.5 Å². The number of Topliss-reactive ketones (excluding diaryl/α,β-unsaturated/α-hetero) is 1. The van der Waals surface area contributed by atoms with E-state index in [2.05, 4.69) is 18.7 Å². The first-order valence-corrected chi connectivity index (χ1v) is 6.50. The van der Waals surface area contributed by atoms with E-state index >= 15 is 0 Å². The first kappa shape index (κ1) is 12.7. The van der Waals surface area contributed by atoms with E-state index in [1.54, 1.807) is 0 Å². The maximum Gasteiger partial charge on any atom is 0.147 e. The highest BCUT2D eigenvalue weighted by atomic mass is 16.1. The zero-order valence-electron chi connectivity index (χ0n) is 10.3. The second-order valence-electron chi connectivity index (χ2n) is 4.71. The van der Waals surface area contributed by atoms with E-state index in [4.69, 9.17) is 0 Å². The van der Waals surface area contributed by atoms with Crippen molar-refractivity contribution < 1.29 is 4.79 Å². The lowest BCUT2D eigenvalue weighted by Crippen LogP contribution is -2.30. The van der Waals surface area contributed by atoms with Crippen LogP contribution in [-0.2, 0) is 4.79 Å². The van der Waals surface area contributed by atoms with Gasteiger partial charge in [-0.3, -0.25) is 9.69 Å². The van der Waals surface area contributed by atoms with E-state index in [1.165, 1.54) is 32.1 Å². The van der Waals surface area contributed by atoms with Gasteiger partial charge in [-0.1, -0.05) is 46.0 Å². The summed E-state index contributed by atoms with van der Waals surface area (Å²) in [6, 6.07) is 0. The second kappa shape index (κ2) is 7.00. The second-order valence-corrected chi connectivity index (χ2v) is 4.71. The molecule has 0 aromatic carbocycles. The molecular formula is C13H25NO. The molecule has 0 radical (unpaired) electrons. The molecule has 88 valence electrons. The van der Waals surface area contributed by atoms with Gasteiger partial charge in [0.25, 0.3) is 0 Å². The van der Waals surface area contributed by atoms with Crippen LogP contribution in [-0.4, -0.2) is 30.3 Å². The van der Waals surface area contributed by atoms with Gasteiger partial charge < -0.3 is 0 Å². The summed E-state index contributed by atoms with van der Waals surface area (Å²) in [6.45, 7) is 6.90. The number of rotatable bonds is 6. The van der Waals surface area contributed by atoms with Gasteiger partial charge in [-0.05, 0) is 19.0 Å². The van der Waals surface area contributed by atoms with Gasteiger partial charge in [0.2, 0.25) is 0 Å². The maximum absolute atomic E-state index is 11.8. The fourth-order valence-corrected chi connectivity index (χ4v) is 2.47. The summed E-state index contributed by atoms with van der Waals surface area (Å²) in [5, 5.41) is 0. The summed E-state index contributed by atoms with van der Waals surface area (Å²) in [5.74, 6) is 1.15. The van der Waals surface area contributed by atoms with Crippen molar-refractivity contribution >= 4 is 5.78 Å². The van der Waals surface area contributed by atoms with Gasteiger partial charge in [-0.2, -0.15) is 0 Å². The maximum atomic E-state index is 11.8. The van der Waals surface area contributed by atoms with Crippen LogP contribution in [0.4, 0.5) is 0 Å². The molecule has 1 aliphatic rings. The molecule has 0 N–H and O–H groups in total. The fraction of sp³-hybridized carbons (Fsp3) is 0.923. The van der Waals surface area contributed by atoms with Crippen molar-refractivity contribution in [1.82, 2.24) is 4.90 Å². The molecule has 2 heteroatoms. The van der Waals surface area contributed by atoms with E-state index in [1.807, 2.05) is 0 Å². The number of hydrogen-bond donors (Lipinski definition) is 0. The fourth-order valence-electron chi connectivity index (χ4n) is 2.47. The molecule has 0 heterocycles. The summed E-state index contributed by atoms with van der Waals surface area (Å²) < 4.78 is 0. The molecule has 0 unspecified atom stereocenters. The molecule has 2 nitrogen and oxygen atoms in total. The molecule has 15 heavy (non-hydrogen) atoms. The highest BCUT2D eigenvalue weighted by Gasteiger charge is 2.17. The Balaban J connectivity index is 2.21. The molecule has 0 aliphatic heterocycles. The Bertz CT molecular complexity index is 181. The number of nitrogens with zero attached hydrogens (tertiary/aromatic N) is 1. The van der Waals surface area contributed by atoms with Crippen LogP contribution >= 0.6 is 0 Å². The van der Waals surface area contributed by atoms with Gasteiger partial charge in [0, 0.05) is 6.42 Å². The van der Waals surface area contributed by atoms with E-state index in [-0.39, 0.29) is 0 Å². The largest absolute Gasteiger partial charge is 0.298 e. The lowest BCUT2D eigenvalue weighted by molar-refractivity contribution is -0.121. The number of ketones is 1. The van der Waals surface area contributed by atoms with Crippen LogP contribution in [0.3, 0.4) is 0 Å². The number of carbonyl (C=O) groups is 1. The van der Waals surface area contributed by atoms with E-state index in [9.17, 15) is 4.79 Å². The van der Waals surface area contributed by atoms with Crippen molar-refractivity contribution in [2.75, 3.05) is 19.6 Å². The minimum absolute atomic E-state index is 0.450. The molecule has 0 amide bonds. The Hall–Kier alpha value is -0.370. The Morgan fingerprint density at radius 2 is 1.73 bits per heavy atom. The molecule has 0 bridgehead atoms. The first-order chi connectivity index (χ1) is 7.26. The third kappa shape index (κ3) is 4.78. The van der Waals surface area contributed by atoms with Gasteiger partial charge in [0.1, 0.15) is 5.78 Å². The number of carbonyl (C=O) groups excluding carboxylic acids is 1. The normalized spacial score (nSPS) is 18.3. The summed E-state index contributed by atoms with van der Waals surface area (Å²) in [5.41, 5.74) is 0. The molecule has 0 atom stereocenters. The van der Waals surface area contributed by atoms with Gasteiger partial charge in [-0.15, -0.1) is 0 Å². The third-order valence-electron chi connectivity index (χ3n) is 3.54. The highest BCUT2D eigenvalue weighted by molar-refractivity contribution is 5.80. The Labute approximate surface area is 94.0 Å². The van der Waals surface area contributed by atoms with Crippen molar-refractivity contribution in [3.63, 3.8) is 0 Å². The van der Waals surface area contributed by atoms with Gasteiger partial charge in [-0.25, -0.2) is 0 Å². The Morgan fingerprint density at radius 3 is 2.27 bits per heavy atom. The molecule has 0 aromatic rings. The predicted molar refractivity (Wildman–Crippen MR) is 64.0 cm³/mol. The van der Waals surface area contributed by atoms with Gasteiger partial charge >= 0.3 is 0 Å².